The molecule has 0 aliphatic carbocycles. The largest absolute Gasteiger partial charge is 0.251 e. The molecule has 0 fully saturated rings. The van der Waals surface area contributed by atoms with E-state index in [0.29, 0.717) is 22.7 Å². The Morgan fingerprint density at radius 1 is 0.897 bits per heavy atom. The van der Waals surface area contributed by atoms with Gasteiger partial charge in [0.25, 0.3) is 0 Å². The van der Waals surface area contributed by atoms with Crippen LogP contribution in [0.2, 0.25) is 5.02 Å². The van der Waals surface area contributed by atoms with Crippen molar-refractivity contribution in [3.63, 3.8) is 0 Å². The molecule has 1 aliphatic rings. The van der Waals surface area contributed by atoms with Crippen LogP contribution in [-0.4, -0.2) is 5.71 Å². The second-order valence-electron chi connectivity index (χ2n) is 6.85. The van der Waals surface area contributed by atoms with Crippen LogP contribution in [0.15, 0.2) is 59.7 Å². The lowest BCUT2D eigenvalue weighted by Crippen LogP contribution is -2.22. The fraction of sp³-hybridized carbons (Fsp3) is 0.136. The highest BCUT2D eigenvalue weighted by molar-refractivity contribution is 6.30. The summed E-state index contributed by atoms with van der Waals surface area (Å²) in [7, 11) is 0. The lowest BCUT2D eigenvalue weighted by atomic mass is 9.97. The zero-order valence-corrected chi connectivity index (χ0v) is 16.0. The summed E-state index contributed by atoms with van der Waals surface area (Å²) in [5.74, 6) is -5.94. The van der Waals surface area contributed by atoms with E-state index < -0.39 is 35.0 Å². The first-order chi connectivity index (χ1) is 13.8. The van der Waals surface area contributed by atoms with Gasteiger partial charge < -0.3 is 0 Å². The van der Waals surface area contributed by atoms with E-state index in [1.807, 2.05) is 31.2 Å². The van der Waals surface area contributed by atoms with Crippen molar-refractivity contribution in [2.45, 2.75) is 19.4 Å². The summed E-state index contributed by atoms with van der Waals surface area (Å²) in [6.07, 6.45) is 0.293. The van der Waals surface area contributed by atoms with Crippen LogP contribution in [0.1, 0.15) is 29.2 Å². The van der Waals surface area contributed by atoms with Gasteiger partial charge in [-0.3, -0.25) is 5.01 Å². The van der Waals surface area contributed by atoms with E-state index in [1.54, 1.807) is 24.3 Å². The molecule has 0 aromatic heterocycles. The van der Waals surface area contributed by atoms with Crippen molar-refractivity contribution in [2.24, 2.45) is 5.10 Å². The second kappa shape index (κ2) is 7.52. The number of benzene rings is 3. The van der Waals surface area contributed by atoms with Gasteiger partial charge in [-0.2, -0.15) is 5.10 Å². The molecule has 29 heavy (non-hydrogen) atoms. The van der Waals surface area contributed by atoms with Gasteiger partial charge in [0, 0.05) is 17.5 Å². The van der Waals surface area contributed by atoms with Gasteiger partial charge in [-0.1, -0.05) is 53.6 Å². The van der Waals surface area contributed by atoms with E-state index in [1.165, 1.54) is 0 Å². The molecule has 3 aromatic rings. The predicted octanol–water partition coefficient (Wildman–Crippen LogP) is 6.56. The minimum absolute atomic E-state index is 0.187. The molecule has 0 bridgehead atoms. The standard InChI is InChI=1S/C22H15ClF4N2/c1-12-2-4-13(5-3-12)18-11-19(14-6-8-15(23)9-7-14)29(28-18)22-20(26)16(24)10-17(25)21(22)27/h2-10,19H,11H2,1H3/t19-/m1/s1. The predicted molar refractivity (Wildman–Crippen MR) is 105 cm³/mol. The van der Waals surface area contributed by atoms with E-state index in [4.69, 9.17) is 11.6 Å². The first kappa shape index (κ1) is 19.5. The van der Waals surface area contributed by atoms with E-state index >= 15 is 0 Å². The van der Waals surface area contributed by atoms with Crippen LogP contribution in [0, 0.1) is 30.2 Å². The molecule has 0 saturated heterocycles. The second-order valence-corrected chi connectivity index (χ2v) is 7.28. The Balaban J connectivity index is 1.86. The van der Waals surface area contributed by atoms with E-state index in [2.05, 4.69) is 5.10 Å². The molecule has 7 heteroatoms. The van der Waals surface area contributed by atoms with Gasteiger partial charge in [0.2, 0.25) is 0 Å². The van der Waals surface area contributed by atoms with Gasteiger partial charge in [0.15, 0.2) is 23.3 Å². The number of nitrogens with zero attached hydrogens (tertiary/aromatic N) is 2. The number of hydrogen-bond acceptors (Lipinski definition) is 2. The summed E-state index contributed by atoms with van der Waals surface area (Å²) in [4.78, 5) is 0. The van der Waals surface area contributed by atoms with Crippen LogP contribution in [0.3, 0.4) is 0 Å². The Morgan fingerprint density at radius 2 is 1.48 bits per heavy atom. The third-order valence-electron chi connectivity index (χ3n) is 4.87. The molecule has 148 valence electrons. The summed E-state index contributed by atoms with van der Waals surface area (Å²) in [6.45, 7) is 1.93. The van der Waals surface area contributed by atoms with E-state index in [-0.39, 0.29) is 6.07 Å². The summed E-state index contributed by atoms with van der Waals surface area (Å²) in [5.41, 5.74) is 2.15. The fourth-order valence-electron chi connectivity index (χ4n) is 3.34. The SMILES string of the molecule is Cc1ccc(C2=NN(c3c(F)c(F)cc(F)c3F)[C@@H](c3ccc(Cl)cc3)C2)cc1. The summed E-state index contributed by atoms with van der Waals surface area (Å²) in [6, 6.07) is 13.7. The van der Waals surface area contributed by atoms with Gasteiger partial charge in [-0.25, -0.2) is 17.6 Å². The molecule has 1 aliphatic heterocycles. The molecule has 2 nitrogen and oxygen atoms in total. The molecule has 1 atom stereocenters. The van der Waals surface area contributed by atoms with Crippen LogP contribution in [0.5, 0.6) is 0 Å². The number of hydrogen-bond donors (Lipinski definition) is 0. The van der Waals surface area contributed by atoms with Gasteiger partial charge in [-0.15, -0.1) is 0 Å². The topological polar surface area (TPSA) is 15.6 Å². The van der Waals surface area contributed by atoms with E-state index in [0.717, 1.165) is 16.1 Å². The molecular weight excluding hydrogens is 404 g/mol. The Morgan fingerprint density at radius 3 is 2.07 bits per heavy atom. The van der Waals surface area contributed by atoms with Crippen molar-refractivity contribution in [3.05, 3.63) is 99.6 Å². The lowest BCUT2D eigenvalue weighted by molar-refractivity contribution is 0.448. The van der Waals surface area contributed by atoms with Crippen LogP contribution >= 0.6 is 11.6 Å². The van der Waals surface area contributed by atoms with Gasteiger partial charge in [-0.05, 0) is 30.2 Å². The van der Waals surface area contributed by atoms with Crippen LogP contribution in [0.4, 0.5) is 23.2 Å². The average molecular weight is 419 g/mol. The smallest absolute Gasteiger partial charge is 0.187 e. The molecule has 3 aromatic carbocycles. The summed E-state index contributed by atoms with van der Waals surface area (Å²) >= 11 is 5.94. The molecule has 0 N–H and O–H groups in total. The van der Waals surface area contributed by atoms with Gasteiger partial charge in [0.05, 0.1) is 11.8 Å². The number of aryl methyl sites for hydroxylation is 1. The van der Waals surface area contributed by atoms with E-state index in [9.17, 15) is 17.6 Å². The molecule has 0 amide bonds. The van der Waals surface area contributed by atoms with Crippen molar-refractivity contribution < 1.29 is 17.6 Å². The molecule has 0 spiro atoms. The maximum absolute atomic E-state index is 14.5. The normalized spacial score (nSPS) is 16.3. The van der Waals surface area contributed by atoms with Crippen molar-refractivity contribution in [3.8, 4) is 0 Å². The zero-order chi connectivity index (χ0) is 20.7. The molecule has 0 radical (unpaired) electrons. The molecule has 0 unspecified atom stereocenters. The number of anilines is 1. The van der Waals surface area contributed by atoms with Gasteiger partial charge in [0.1, 0.15) is 5.69 Å². The highest BCUT2D eigenvalue weighted by Gasteiger charge is 2.35. The third-order valence-corrected chi connectivity index (χ3v) is 5.12. The maximum atomic E-state index is 14.5. The molecule has 0 saturated carbocycles. The number of hydrazone groups is 1. The summed E-state index contributed by atoms with van der Waals surface area (Å²) in [5, 5.41) is 5.85. The minimum atomic E-state index is -1.49. The highest BCUT2D eigenvalue weighted by Crippen LogP contribution is 2.40. The van der Waals surface area contributed by atoms with Crippen molar-refractivity contribution in [2.75, 3.05) is 5.01 Å². The van der Waals surface area contributed by atoms with Crippen molar-refractivity contribution in [1.29, 1.82) is 0 Å². The Kier molecular flexibility index (Phi) is 5.04. The molecular formula is C22H15ClF4N2. The third kappa shape index (κ3) is 3.60. The maximum Gasteiger partial charge on any atom is 0.187 e. The molecule has 1 heterocycles. The Bertz CT molecular complexity index is 1070. The Labute approximate surface area is 170 Å². The molecule has 4 rings (SSSR count). The Hall–Kier alpha value is -2.86. The van der Waals surface area contributed by atoms with Gasteiger partial charge >= 0.3 is 0 Å². The monoisotopic (exact) mass is 418 g/mol. The highest BCUT2D eigenvalue weighted by atomic mass is 35.5. The number of halogens is 5. The zero-order valence-electron chi connectivity index (χ0n) is 15.3. The first-order valence-electron chi connectivity index (χ1n) is 8.87. The van der Waals surface area contributed by atoms with Crippen LogP contribution in [-0.2, 0) is 0 Å². The quantitative estimate of drug-likeness (QED) is 0.347. The minimum Gasteiger partial charge on any atom is -0.251 e. The fourth-order valence-corrected chi connectivity index (χ4v) is 3.47. The number of rotatable bonds is 3. The lowest BCUT2D eigenvalue weighted by Gasteiger charge is -2.25. The van der Waals surface area contributed by atoms with Crippen molar-refractivity contribution >= 4 is 23.0 Å². The first-order valence-corrected chi connectivity index (χ1v) is 9.25. The summed E-state index contributed by atoms with van der Waals surface area (Å²) < 4.78 is 56.7. The van der Waals surface area contributed by atoms with Crippen LogP contribution in [0.25, 0.3) is 0 Å². The average Bonchev–Trinajstić information content (AvgIpc) is 3.13. The van der Waals surface area contributed by atoms with Crippen molar-refractivity contribution in [1.82, 2.24) is 0 Å². The van der Waals surface area contributed by atoms with Crippen LogP contribution < -0.4 is 5.01 Å².